The maximum Gasteiger partial charge on any atom is 0.433 e. The molecule has 2 rings (SSSR count). The molecule has 0 bridgehead atoms. The summed E-state index contributed by atoms with van der Waals surface area (Å²) in [7, 11) is 0. The van der Waals surface area contributed by atoms with Crippen LogP contribution in [0.25, 0.3) is 0 Å². The Labute approximate surface area is 111 Å². The molecule has 2 aromatic rings. The van der Waals surface area contributed by atoms with Gasteiger partial charge in [0.05, 0.1) is 0 Å². The van der Waals surface area contributed by atoms with Crippen molar-refractivity contribution >= 4 is 23.2 Å². The predicted octanol–water partition coefficient (Wildman–Crippen LogP) is 4.33. The summed E-state index contributed by atoms with van der Waals surface area (Å²) in [6, 6.07) is 6.51. The van der Waals surface area contributed by atoms with Gasteiger partial charge in [0.15, 0.2) is 5.15 Å². The zero-order valence-electron chi connectivity index (χ0n) is 8.85. The zero-order valence-corrected chi connectivity index (χ0v) is 10.4. The minimum absolute atomic E-state index is 0.0430. The molecule has 1 aromatic carbocycles. The smallest absolute Gasteiger partial charge is 0.272 e. The Morgan fingerprint density at radius 1 is 1.11 bits per heavy atom. The first-order chi connectivity index (χ1) is 8.38. The van der Waals surface area contributed by atoms with E-state index in [1.165, 1.54) is 0 Å². The van der Waals surface area contributed by atoms with Crippen LogP contribution in [0, 0.1) is 0 Å². The Balaban J connectivity index is 2.34. The number of rotatable bonds is 2. The molecule has 0 saturated heterocycles. The third-order valence-corrected chi connectivity index (χ3v) is 2.96. The van der Waals surface area contributed by atoms with Crippen molar-refractivity contribution in [3.8, 4) is 0 Å². The summed E-state index contributed by atoms with van der Waals surface area (Å²) in [5, 5.41) is 5.66. The molecule has 18 heavy (non-hydrogen) atoms. The van der Waals surface area contributed by atoms with Crippen LogP contribution >= 0.6 is 23.2 Å². The molecule has 7 heteroatoms. The van der Waals surface area contributed by atoms with Crippen LogP contribution in [-0.4, -0.2) is 10.2 Å². The molecule has 0 amide bonds. The van der Waals surface area contributed by atoms with Crippen molar-refractivity contribution < 1.29 is 13.2 Å². The summed E-state index contributed by atoms with van der Waals surface area (Å²) >= 11 is 11.4. The third kappa shape index (κ3) is 2.79. The van der Waals surface area contributed by atoms with Gasteiger partial charge in [-0.05, 0) is 17.7 Å². The molecule has 0 spiro atoms. The highest BCUT2D eigenvalue weighted by molar-refractivity contribution is 6.30. The van der Waals surface area contributed by atoms with E-state index in [1.807, 2.05) is 5.10 Å². The van der Waals surface area contributed by atoms with E-state index in [-0.39, 0.29) is 17.1 Å². The van der Waals surface area contributed by atoms with Gasteiger partial charge in [-0.15, -0.1) is 0 Å². The van der Waals surface area contributed by atoms with Gasteiger partial charge < -0.3 is 0 Å². The number of hydrogen-bond donors (Lipinski definition) is 1. The molecule has 96 valence electrons. The van der Waals surface area contributed by atoms with Crippen LogP contribution in [0.1, 0.15) is 16.8 Å². The van der Waals surface area contributed by atoms with Crippen LogP contribution in [0.15, 0.2) is 24.3 Å². The molecule has 0 radical (unpaired) electrons. The van der Waals surface area contributed by atoms with E-state index in [9.17, 15) is 13.2 Å². The molecule has 0 atom stereocenters. The van der Waals surface area contributed by atoms with Gasteiger partial charge >= 0.3 is 6.18 Å². The van der Waals surface area contributed by atoms with Gasteiger partial charge in [0, 0.05) is 17.0 Å². The van der Waals surface area contributed by atoms with Crippen molar-refractivity contribution in [3.63, 3.8) is 0 Å². The monoisotopic (exact) mass is 294 g/mol. The average molecular weight is 295 g/mol. The van der Waals surface area contributed by atoms with Crippen molar-refractivity contribution in [2.45, 2.75) is 12.6 Å². The standard InChI is InChI=1S/C11H7Cl2F3N2/c12-7-3-1-6(2-4-7)5-8-9(11(14,15)16)17-18-10(8)13/h1-4H,5H2,(H,17,18). The Kier molecular flexibility index (Phi) is 3.54. The second-order valence-corrected chi connectivity index (χ2v) is 4.46. The van der Waals surface area contributed by atoms with E-state index in [0.717, 1.165) is 0 Å². The largest absolute Gasteiger partial charge is 0.433 e. The first-order valence-electron chi connectivity index (χ1n) is 4.92. The molecule has 0 aliphatic heterocycles. The lowest BCUT2D eigenvalue weighted by Gasteiger charge is -2.07. The SMILES string of the molecule is FC(F)(F)c1[nH]nc(Cl)c1Cc1ccc(Cl)cc1. The lowest BCUT2D eigenvalue weighted by atomic mass is 10.1. The molecular weight excluding hydrogens is 288 g/mol. The van der Waals surface area contributed by atoms with Crippen LogP contribution < -0.4 is 0 Å². The molecule has 0 saturated carbocycles. The maximum atomic E-state index is 12.7. The molecule has 0 fully saturated rings. The van der Waals surface area contributed by atoms with Crippen molar-refractivity contribution in [1.82, 2.24) is 10.2 Å². The average Bonchev–Trinajstić information content (AvgIpc) is 2.63. The maximum absolute atomic E-state index is 12.7. The fourth-order valence-electron chi connectivity index (χ4n) is 1.55. The fraction of sp³-hybridized carbons (Fsp3) is 0.182. The van der Waals surface area contributed by atoms with Crippen LogP contribution in [-0.2, 0) is 12.6 Å². The highest BCUT2D eigenvalue weighted by Crippen LogP contribution is 2.34. The van der Waals surface area contributed by atoms with Gasteiger partial charge in [0.25, 0.3) is 0 Å². The fourth-order valence-corrected chi connectivity index (χ4v) is 1.87. The predicted molar refractivity (Wildman–Crippen MR) is 62.9 cm³/mol. The van der Waals surface area contributed by atoms with Gasteiger partial charge in [-0.25, -0.2) is 0 Å². The summed E-state index contributed by atoms with van der Waals surface area (Å²) in [4.78, 5) is 0. The van der Waals surface area contributed by atoms with E-state index < -0.39 is 11.9 Å². The Hall–Kier alpha value is -1.20. The minimum atomic E-state index is -4.50. The second kappa shape index (κ2) is 4.82. The number of alkyl halides is 3. The van der Waals surface area contributed by atoms with E-state index >= 15 is 0 Å². The summed E-state index contributed by atoms with van der Waals surface area (Å²) in [5.41, 5.74) is -0.304. The summed E-state index contributed by atoms with van der Waals surface area (Å²) in [6.07, 6.45) is -4.46. The topological polar surface area (TPSA) is 28.7 Å². The Morgan fingerprint density at radius 3 is 2.28 bits per heavy atom. The van der Waals surface area contributed by atoms with Crippen molar-refractivity contribution in [3.05, 3.63) is 51.3 Å². The van der Waals surface area contributed by atoms with Gasteiger partial charge in [0.2, 0.25) is 0 Å². The number of aromatic nitrogens is 2. The molecule has 1 heterocycles. The summed E-state index contributed by atoms with van der Waals surface area (Å²) < 4.78 is 38.0. The van der Waals surface area contributed by atoms with Gasteiger partial charge in [-0.2, -0.15) is 18.3 Å². The molecule has 0 unspecified atom stereocenters. The number of hydrogen-bond acceptors (Lipinski definition) is 1. The second-order valence-electron chi connectivity index (χ2n) is 3.67. The number of nitrogens with zero attached hydrogens (tertiary/aromatic N) is 1. The van der Waals surface area contributed by atoms with E-state index in [4.69, 9.17) is 23.2 Å². The molecule has 1 N–H and O–H groups in total. The normalized spacial score (nSPS) is 11.8. The van der Waals surface area contributed by atoms with E-state index in [1.54, 1.807) is 24.3 Å². The summed E-state index contributed by atoms with van der Waals surface area (Å²) in [6.45, 7) is 0. The summed E-state index contributed by atoms with van der Waals surface area (Å²) in [5.74, 6) is 0. The molecule has 0 aliphatic carbocycles. The van der Waals surface area contributed by atoms with Gasteiger partial charge in [-0.3, -0.25) is 5.10 Å². The zero-order chi connectivity index (χ0) is 13.3. The van der Waals surface area contributed by atoms with Crippen molar-refractivity contribution in [2.24, 2.45) is 0 Å². The molecular formula is C11H7Cl2F3N2. The quantitative estimate of drug-likeness (QED) is 0.878. The number of nitrogens with one attached hydrogen (secondary N) is 1. The minimum Gasteiger partial charge on any atom is -0.272 e. The molecule has 2 nitrogen and oxygen atoms in total. The highest BCUT2D eigenvalue weighted by atomic mass is 35.5. The van der Waals surface area contributed by atoms with Crippen LogP contribution in [0.4, 0.5) is 13.2 Å². The Morgan fingerprint density at radius 2 is 1.72 bits per heavy atom. The lowest BCUT2D eigenvalue weighted by molar-refractivity contribution is -0.141. The first kappa shape index (κ1) is 13.2. The van der Waals surface area contributed by atoms with Crippen molar-refractivity contribution in [1.29, 1.82) is 0 Å². The Bertz CT molecular complexity index is 546. The molecule has 0 aliphatic rings. The van der Waals surface area contributed by atoms with Crippen molar-refractivity contribution in [2.75, 3.05) is 0 Å². The number of H-pyrrole nitrogens is 1. The lowest BCUT2D eigenvalue weighted by Crippen LogP contribution is -2.09. The van der Waals surface area contributed by atoms with Crippen LogP contribution in [0.5, 0.6) is 0 Å². The van der Waals surface area contributed by atoms with Crippen LogP contribution in [0.2, 0.25) is 10.2 Å². The van der Waals surface area contributed by atoms with E-state index in [0.29, 0.717) is 10.6 Å². The number of halogens is 5. The highest BCUT2D eigenvalue weighted by Gasteiger charge is 2.36. The van der Waals surface area contributed by atoms with Crippen LogP contribution in [0.3, 0.4) is 0 Å². The number of aromatic amines is 1. The van der Waals surface area contributed by atoms with Gasteiger partial charge in [0.1, 0.15) is 5.69 Å². The number of benzene rings is 1. The third-order valence-electron chi connectivity index (χ3n) is 2.39. The first-order valence-corrected chi connectivity index (χ1v) is 5.68. The molecule has 1 aromatic heterocycles. The van der Waals surface area contributed by atoms with E-state index in [2.05, 4.69) is 5.10 Å². The van der Waals surface area contributed by atoms with Gasteiger partial charge in [-0.1, -0.05) is 35.3 Å².